The van der Waals surface area contributed by atoms with Crippen molar-refractivity contribution >= 4 is 16.1 Å². The second kappa shape index (κ2) is 9.38. The van der Waals surface area contributed by atoms with Crippen molar-refractivity contribution in [3.05, 3.63) is 71.4 Å². The molecule has 3 aliphatic rings. The zero-order valence-corrected chi connectivity index (χ0v) is 20.6. The molecular weight excluding hydrogens is 504 g/mol. The molecular formula is C24H25F2N7O3S. The highest BCUT2D eigenvalue weighted by Gasteiger charge is 2.38. The van der Waals surface area contributed by atoms with Crippen LogP contribution in [-0.4, -0.2) is 83.1 Å². The van der Waals surface area contributed by atoms with Gasteiger partial charge >= 0.3 is 0 Å². The number of halogens is 2. The minimum absolute atomic E-state index is 0.164. The van der Waals surface area contributed by atoms with Gasteiger partial charge in [-0.3, -0.25) is 14.6 Å². The van der Waals surface area contributed by atoms with Gasteiger partial charge in [0.15, 0.2) is 21.8 Å². The molecule has 2 aromatic heterocycles. The number of likely N-dealkylation sites (tertiary alicyclic amines) is 1. The molecule has 37 heavy (non-hydrogen) atoms. The number of allylic oxidation sites excluding steroid dienone is 1. The van der Waals surface area contributed by atoms with E-state index in [1.165, 1.54) is 18.5 Å². The van der Waals surface area contributed by atoms with Gasteiger partial charge in [-0.1, -0.05) is 23.4 Å². The monoisotopic (exact) mass is 529 g/mol. The number of nitrogens with one attached hydrogen (secondary N) is 1. The van der Waals surface area contributed by atoms with Gasteiger partial charge in [0, 0.05) is 43.9 Å². The molecule has 5 heterocycles. The molecule has 2 fully saturated rings. The molecule has 3 aromatic rings. The molecule has 1 atom stereocenters. The van der Waals surface area contributed by atoms with E-state index in [1.807, 2.05) is 4.90 Å². The van der Waals surface area contributed by atoms with Gasteiger partial charge in [-0.05, 0) is 12.1 Å². The largest absolute Gasteiger partial charge is 0.364 e. The zero-order valence-electron chi connectivity index (χ0n) is 19.8. The highest BCUT2D eigenvalue weighted by atomic mass is 32.2. The Morgan fingerprint density at radius 3 is 2.62 bits per heavy atom. The van der Waals surface area contributed by atoms with Crippen molar-refractivity contribution in [3.8, 4) is 11.4 Å². The quantitative estimate of drug-likeness (QED) is 0.516. The lowest BCUT2D eigenvalue weighted by Gasteiger charge is -2.48. The van der Waals surface area contributed by atoms with Crippen LogP contribution in [0.1, 0.15) is 17.4 Å². The number of hydrogen-bond donors (Lipinski definition) is 1. The molecule has 3 aliphatic heterocycles. The maximum Gasteiger partial charge on any atom is 0.181 e. The average Bonchev–Trinajstić information content (AvgIpc) is 3.52. The average molecular weight is 530 g/mol. The van der Waals surface area contributed by atoms with E-state index < -0.39 is 21.8 Å². The first kappa shape index (κ1) is 23.8. The Balaban J connectivity index is 1.19. The number of aromatic nitrogens is 3. The first-order valence-corrected chi connectivity index (χ1v) is 13.8. The van der Waals surface area contributed by atoms with Gasteiger partial charge in [0.2, 0.25) is 0 Å². The van der Waals surface area contributed by atoms with Crippen molar-refractivity contribution in [2.24, 2.45) is 4.99 Å². The molecule has 13 heteroatoms. The molecule has 194 valence electrons. The standard InChI is InChI=1S/C24H25F2N7O3S/c25-18-4-2-1-3-16(18)13-33-22(20-5-8-36-30-20)11-21(29-33)23-27-12-19(26)24(28-23)32-14-17(15-32)31-6-9-37(34,35)10-7-31/h1-5,8,11-12,17,23,28H,6-7,9-10,13-15H2. The number of aliphatic imine (C=N–C) groups is 1. The topological polar surface area (TPSA) is 109 Å². The van der Waals surface area contributed by atoms with Crippen molar-refractivity contribution in [1.82, 2.24) is 30.1 Å². The fraction of sp³-hybridized carbons (Fsp3) is 0.375. The predicted molar refractivity (Wildman–Crippen MR) is 131 cm³/mol. The molecule has 0 bridgehead atoms. The van der Waals surface area contributed by atoms with Crippen LogP contribution in [0.3, 0.4) is 0 Å². The summed E-state index contributed by atoms with van der Waals surface area (Å²) in [5.74, 6) is -0.162. The summed E-state index contributed by atoms with van der Waals surface area (Å²) in [6.07, 6.45) is 1.98. The van der Waals surface area contributed by atoms with Crippen LogP contribution in [0.5, 0.6) is 0 Å². The van der Waals surface area contributed by atoms with Crippen LogP contribution >= 0.6 is 0 Å². The number of sulfone groups is 1. The summed E-state index contributed by atoms with van der Waals surface area (Å²) in [6, 6.07) is 10.1. The van der Waals surface area contributed by atoms with Gasteiger partial charge in [0.1, 0.15) is 29.3 Å². The molecule has 1 aromatic carbocycles. The Labute approximate surface area is 212 Å². The van der Waals surface area contributed by atoms with E-state index in [0.29, 0.717) is 54.6 Å². The van der Waals surface area contributed by atoms with Crippen LogP contribution in [0, 0.1) is 5.82 Å². The summed E-state index contributed by atoms with van der Waals surface area (Å²) in [6.45, 7) is 2.35. The number of hydrogen-bond acceptors (Lipinski definition) is 9. The fourth-order valence-electron chi connectivity index (χ4n) is 4.82. The van der Waals surface area contributed by atoms with Gasteiger partial charge in [-0.15, -0.1) is 0 Å². The van der Waals surface area contributed by atoms with E-state index in [-0.39, 0.29) is 29.9 Å². The molecule has 0 amide bonds. The zero-order chi connectivity index (χ0) is 25.6. The Kier molecular flexibility index (Phi) is 6.03. The minimum atomic E-state index is -2.95. The normalized spacial score (nSPS) is 22.2. The Morgan fingerprint density at radius 1 is 1.11 bits per heavy atom. The molecule has 0 saturated carbocycles. The molecule has 6 rings (SSSR count). The molecule has 10 nitrogen and oxygen atoms in total. The summed E-state index contributed by atoms with van der Waals surface area (Å²) in [5, 5.41) is 11.8. The molecule has 0 aliphatic carbocycles. The lowest BCUT2D eigenvalue weighted by atomic mass is 10.1. The van der Waals surface area contributed by atoms with Crippen LogP contribution < -0.4 is 5.32 Å². The summed E-state index contributed by atoms with van der Waals surface area (Å²) in [7, 11) is -2.95. The summed E-state index contributed by atoms with van der Waals surface area (Å²) in [4.78, 5) is 8.33. The summed E-state index contributed by atoms with van der Waals surface area (Å²) >= 11 is 0. The lowest BCUT2D eigenvalue weighted by Crippen LogP contribution is -2.62. The SMILES string of the molecule is O=S1(=O)CCN(C2CN(C3=C(F)C=NC(c4cc(-c5ccon5)n(Cc5ccccc5F)n4)N3)C2)CC1. The van der Waals surface area contributed by atoms with E-state index in [9.17, 15) is 17.2 Å². The van der Waals surface area contributed by atoms with Crippen LogP contribution in [0.15, 0.2) is 63.8 Å². The predicted octanol–water partition coefficient (Wildman–Crippen LogP) is 1.95. The van der Waals surface area contributed by atoms with Crippen molar-refractivity contribution in [2.75, 3.05) is 37.7 Å². The Hall–Kier alpha value is -3.58. The van der Waals surface area contributed by atoms with E-state index >= 15 is 0 Å². The van der Waals surface area contributed by atoms with Gasteiger partial charge in [-0.2, -0.15) is 5.10 Å². The highest BCUT2D eigenvalue weighted by Crippen LogP contribution is 2.30. The van der Waals surface area contributed by atoms with E-state index in [2.05, 4.69) is 25.5 Å². The van der Waals surface area contributed by atoms with E-state index in [4.69, 9.17) is 4.52 Å². The highest BCUT2D eigenvalue weighted by molar-refractivity contribution is 7.91. The minimum Gasteiger partial charge on any atom is -0.364 e. The molecule has 0 spiro atoms. The second-order valence-corrected chi connectivity index (χ2v) is 11.7. The number of nitrogens with zero attached hydrogens (tertiary/aromatic N) is 6. The van der Waals surface area contributed by atoms with Crippen molar-refractivity contribution < 1.29 is 21.7 Å². The maximum absolute atomic E-state index is 14.8. The molecule has 2 saturated heterocycles. The van der Waals surface area contributed by atoms with Gasteiger partial charge in [-0.25, -0.2) is 17.2 Å². The van der Waals surface area contributed by atoms with E-state index in [0.717, 1.165) is 0 Å². The van der Waals surface area contributed by atoms with E-state index in [1.54, 1.807) is 35.0 Å². The van der Waals surface area contributed by atoms with Crippen molar-refractivity contribution in [1.29, 1.82) is 0 Å². The Morgan fingerprint density at radius 2 is 1.89 bits per heavy atom. The molecule has 1 N–H and O–H groups in total. The lowest BCUT2D eigenvalue weighted by molar-refractivity contribution is 0.0546. The van der Waals surface area contributed by atoms with Crippen LogP contribution in [0.4, 0.5) is 8.78 Å². The summed E-state index contributed by atoms with van der Waals surface area (Å²) < 4.78 is 59.2. The molecule has 0 radical (unpaired) electrons. The number of benzene rings is 1. The first-order chi connectivity index (χ1) is 17.9. The maximum atomic E-state index is 14.8. The van der Waals surface area contributed by atoms with Crippen LogP contribution in [0.25, 0.3) is 11.4 Å². The third kappa shape index (κ3) is 4.76. The fourth-order valence-corrected chi connectivity index (χ4v) is 6.05. The summed E-state index contributed by atoms with van der Waals surface area (Å²) in [5.41, 5.74) is 2.13. The van der Waals surface area contributed by atoms with Crippen LogP contribution in [-0.2, 0) is 16.4 Å². The first-order valence-electron chi connectivity index (χ1n) is 12.0. The molecule has 1 unspecified atom stereocenters. The van der Waals surface area contributed by atoms with Crippen molar-refractivity contribution in [2.45, 2.75) is 18.8 Å². The van der Waals surface area contributed by atoms with Gasteiger partial charge in [0.05, 0.1) is 30.0 Å². The van der Waals surface area contributed by atoms with Gasteiger partial charge in [0.25, 0.3) is 0 Å². The van der Waals surface area contributed by atoms with Gasteiger partial charge < -0.3 is 14.7 Å². The second-order valence-electron chi connectivity index (χ2n) is 9.36. The third-order valence-electron chi connectivity index (χ3n) is 6.97. The smallest absolute Gasteiger partial charge is 0.181 e. The third-order valence-corrected chi connectivity index (χ3v) is 8.58. The van der Waals surface area contributed by atoms with Crippen LogP contribution in [0.2, 0.25) is 0 Å². The Bertz CT molecular complexity index is 1450. The van der Waals surface area contributed by atoms with Crippen molar-refractivity contribution in [3.63, 3.8) is 0 Å². The number of rotatable bonds is 6.